The predicted molar refractivity (Wildman–Crippen MR) is 34.2 cm³/mol. The quantitative estimate of drug-likeness (QED) is 0.528. The van der Waals surface area contributed by atoms with E-state index in [9.17, 15) is 8.42 Å². The molecule has 0 radical (unpaired) electrons. The van der Waals surface area contributed by atoms with Gasteiger partial charge in [0.25, 0.3) is 10.1 Å². The summed E-state index contributed by atoms with van der Waals surface area (Å²) in [6.45, 7) is 1.53. The predicted octanol–water partition coefficient (Wildman–Crippen LogP) is -0.171. The third-order valence-electron chi connectivity index (χ3n) is 0.616. The molecule has 0 atom stereocenters. The first-order chi connectivity index (χ1) is 3.98. The molecule has 0 saturated heterocycles. The van der Waals surface area contributed by atoms with Crippen LogP contribution in [-0.4, -0.2) is 33.3 Å². The van der Waals surface area contributed by atoms with Crippen molar-refractivity contribution >= 4 is 10.1 Å². The lowest BCUT2D eigenvalue weighted by Crippen LogP contribution is -2.19. The molecule has 0 heterocycles. The highest BCUT2D eigenvalue weighted by Gasteiger charge is 2.07. The molecule has 0 amide bonds. The number of rotatable bonds is 3. The molecule has 0 spiro atoms. The summed E-state index contributed by atoms with van der Waals surface area (Å²) in [5, 5.41) is 1.15. The minimum atomic E-state index is -3.29. The van der Waals surface area contributed by atoms with Crippen LogP contribution in [0.5, 0.6) is 0 Å². The van der Waals surface area contributed by atoms with Crippen LogP contribution in [0.4, 0.5) is 0 Å². The SMILES string of the molecule is CCS(=O)(=O)ON(C)C. The van der Waals surface area contributed by atoms with Crippen LogP contribution in [0.15, 0.2) is 0 Å². The third kappa shape index (κ3) is 4.38. The number of hydroxylamine groups is 2. The first-order valence-corrected chi connectivity index (χ1v) is 4.15. The second kappa shape index (κ2) is 3.14. The smallest absolute Gasteiger partial charge is 0.198 e. The molecule has 0 aromatic carbocycles. The lowest BCUT2D eigenvalue weighted by atomic mass is 11.0. The molecule has 0 aliphatic carbocycles. The fourth-order valence-corrected chi connectivity index (χ4v) is 0.839. The van der Waals surface area contributed by atoms with Crippen LogP contribution in [-0.2, 0) is 14.4 Å². The van der Waals surface area contributed by atoms with Gasteiger partial charge in [0.05, 0.1) is 5.75 Å². The summed E-state index contributed by atoms with van der Waals surface area (Å²) in [7, 11) is -0.251. The van der Waals surface area contributed by atoms with Gasteiger partial charge in [0.2, 0.25) is 0 Å². The molecule has 0 aromatic heterocycles. The molecule has 0 fully saturated rings. The van der Waals surface area contributed by atoms with E-state index in [1.54, 1.807) is 0 Å². The van der Waals surface area contributed by atoms with Crippen molar-refractivity contribution < 1.29 is 12.7 Å². The van der Waals surface area contributed by atoms with Crippen molar-refractivity contribution in [3.8, 4) is 0 Å². The topological polar surface area (TPSA) is 46.6 Å². The van der Waals surface area contributed by atoms with Crippen LogP contribution in [0, 0.1) is 0 Å². The highest BCUT2D eigenvalue weighted by Crippen LogP contribution is 1.92. The third-order valence-corrected chi connectivity index (χ3v) is 1.85. The minimum absolute atomic E-state index is 0.00514. The van der Waals surface area contributed by atoms with Crippen molar-refractivity contribution in [2.45, 2.75) is 6.92 Å². The maximum Gasteiger partial charge on any atom is 0.283 e. The summed E-state index contributed by atoms with van der Waals surface area (Å²) in [5.74, 6) is 0.00514. The second-order valence-electron chi connectivity index (χ2n) is 1.73. The van der Waals surface area contributed by atoms with Crippen molar-refractivity contribution in [1.29, 1.82) is 0 Å². The van der Waals surface area contributed by atoms with E-state index in [1.165, 1.54) is 21.0 Å². The molecule has 9 heavy (non-hydrogen) atoms. The van der Waals surface area contributed by atoms with E-state index in [0.717, 1.165) is 5.06 Å². The van der Waals surface area contributed by atoms with Crippen molar-refractivity contribution in [2.24, 2.45) is 0 Å². The zero-order valence-corrected chi connectivity index (χ0v) is 6.60. The van der Waals surface area contributed by atoms with Gasteiger partial charge in [-0.05, 0) is 6.92 Å². The molecular weight excluding hydrogens is 142 g/mol. The lowest BCUT2D eigenvalue weighted by molar-refractivity contribution is 0.00544. The van der Waals surface area contributed by atoms with E-state index in [4.69, 9.17) is 0 Å². The van der Waals surface area contributed by atoms with Gasteiger partial charge < -0.3 is 0 Å². The zero-order valence-electron chi connectivity index (χ0n) is 5.79. The van der Waals surface area contributed by atoms with Gasteiger partial charge in [-0.1, -0.05) is 0 Å². The molecule has 0 saturated carbocycles. The van der Waals surface area contributed by atoms with E-state index in [2.05, 4.69) is 4.28 Å². The normalized spacial score (nSPS) is 12.4. The Morgan fingerprint density at radius 3 is 2.00 bits per heavy atom. The van der Waals surface area contributed by atoms with E-state index in [1.807, 2.05) is 0 Å². The van der Waals surface area contributed by atoms with Gasteiger partial charge >= 0.3 is 0 Å². The van der Waals surface area contributed by atoms with Gasteiger partial charge in [0, 0.05) is 14.1 Å². The van der Waals surface area contributed by atoms with Crippen molar-refractivity contribution in [1.82, 2.24) is 5.06 Å². The fraction of sp³-hybridized carbons (Fsp3) is 1.00. The molecule has 4 nitrogen and oxygen atoms in total. The molecule has 0 unspecified atom stereocenters. The van der Waals surface area contributed by atoms with Crippen LogP contribution < -0.4 is 0 Å². The van der Waals surface area contributed by atoms with Gasteiger partial charge in [-0.3, -0.25) is 0 Å². The van der Waals surface area contributed by atoms with E-state index in [-0.39, 0.29) is 5.75 Å². The van der Waals surface area contributed by atoms with Crippen molar-refractivity contribution in [3.63, 3.8) is 0 Å². The molecule has 56 valence electrons. The van der Waals surface area contributed by atoms with Crippen molar-refractivity contribution in [2.75, 3.05) is 19.8 Å². The van der Waals surface area contributed by atoms with Crippen LogP contribution in [0.25, 0.3) is 0 Å². The summed E-state index contributed by atoms with van der Waals surface area (Å²) in [6.07, 6.45) is 0. The average molecular weight is 153 g/mol. The Hall–Kier alpha value is -0.130. The molecule has 0 rings (SSSR count). The molecule has 5 heteroatoms. The van der Waals surface area contributed by atoms with Gasteiger partial charge in [-0.25, -0.2) is 0 Å². The summed E-state index contributed by atoms with van der Waals surface area (Å²) in [5.41, 5.74) is 0. The number of nitrogens with zero attached hydrogens (tertiary/aromatic N) is 1. The summed E-state index contributed by atoms with van der Waals surface area (Å²) in [4.78, 5) is 0. The van der Waals surface area contributed by atoms with Gasteiger partial charge in [0.1, 0.15) is 0 Å². The van der Waals surface area contributed by atoms with Crippen LogP contribution in [0.1, 0.15) is 6.92 Å². The minimum Gasteiger partial charge on any atom is -0.198 e. The molecular formula is C4H11NO3S. The second-order valence-corrected chi connectivity index (χ2v) is 3.58. The van der Waals surface area contributed by atoms with Gasteiger partial charge in [0.15, 0.2) is 0 Å². The van der Waals surface area contributed by atoms with Gasteiger partial charge in [-0.2, -0.15) is 17.8 Å². The average Bonchev–Trinajstić information content (AvgIpc) is 1.63. The Morgan fingerprint density at radius 1 is 1.44 bits per heavy atom. The van der Waals surface area contributed by atoms with Gasteiger partial charge in [-0.15, -0.1) is 0 Å². The van der Waals surface area contributed by atoms with Crippen LogP contribution in [0.2, 0.25) is 0 Å². The largest absolute Gasteiger partial charge is 0.283 e. The van der Waals surface area contributed by atoms with E-state index >= 15 is 0 Å². The fourth-order valence-electron chi connectivity index (χ4n) is 0.280. The maximum atomic E-state index is 10.5. The molecule has 0 N–H and O–H groups in total. The Bertz CT molecular complexity index is 161. The number of hydrogen-bond donors (Lipinski definition) is 0. The van der Waals surface area contributed by atoms with E-state index in [0.29, 0.717) is 0 Å². The van der Waals surface area contributed by atoms with Crippen molar-refractivity contribution in [3.05, 3.63) is 0 Å². The molecule has 0 aliphatic heterocycles. The van der Waals surface area contributed by atoms with Crippen LogP contribution >= 0.6 is 0 Å². The first kappa shape index (κ1) is 8.87. The number of hydrogen-bond acceptors (Lipinski definition) is 4. The molecule has 0 bridgehead atoms. The highest BCUT2D eigenvalue weighted by molar-refractivity contribution is 7.86. The Balaban J connectivity index is 3.90. The zero-order chi connectivity index (χ0) is 7.49. The lowest BCUT2D eigenvalue weighted by Gasteiger charge is -2.07. The highest BCUT2D eigenvalue weighted by atomic mass is 32.2. The Labute approximate surface area is 55.5 Å². The van der Waals surface area contributed by atoms with E-state index < -0.39 is 10.1 Å². The van der Waals surface area contributed by atoms with Crippen LogP contribution in [0.3, 0.4) is 0 Å². The summed E-state index contributed by atoms with van der Waals surface area (Å²) < 4.78 is 25.5. The summed E-state index contributed by atoms with van der Waals surface area (Å²) >= 11 is 0. The molecule has 0 aromatic rings. The maximum absolute atomic E-state index is 10.5. The first-order valence-electron chi connectivity index (χ1n) is 2.57. The summed E-state index contributed by atoms with van der Waals surface area (Å²) in [6, 6.07) is 0. The Kier molecular flexibility index (Phi) is 3.10. The Morgan fingerprint density at radius 2 is 1.89 bits per heavy atom. The monoisotopic (exact) mass is 153 g/mol. The standard InChI is InChI=1S/C4H11NO3S/c1-4-9(6,7)8-5(2)3/h4H2,1-3H3. The molecule has 0 aliphatic rings.